The maximum Gasteiger partial charge on any atom is 0.0231 e. The van der Waals surface area contributed by atoms with Gasteiger partial charge in [0.25, 0.3) is 0 Å². The second-order valence-corrected chi connectivity index (χ2v) is 5.71. The van der Waals surface area contributed by atoms with Crippen molar-refractivity contribution >= 4 is 31.9 Å². The smallest absolute Gasteiger partial charge is 0.0231 e. The topological polar surface area (TPSA) is 15.3 Å². The number of nitrogens with zero attached hydrogens (tertiary/aromatic N) is 1. The Morgan fingerprint density at radius 1 is 1.18 bits per heavy atom. The molecule has 0 unspecified atom stereocenters. The van der Waals surface area contributed by atoms with Crippen molar-refractivity contribution < 1.29 is 0 Å². The number of hydrogen-bond acceptors (Lipinski definition) is 2. The normalized spacial score (nSPS) is 11.1. The lowest BCUT2D eigenvalue weighted by atomic mass is 10.2. The van der Waals surface area contributed by atoms with Crippen LogP contribution in [0.4, 0.5) is 0 Å². The molecule has 0 fully saturated rings. The van der Waals surface area contributed by atoms with Gasteiger partial charge in [0.2, 0.25) is 0 Å². The summed E-state index contributed by atoms with van der Waals surface area (Å²) in [6.07, 6.45) is 0. The highest BCUT2D eigenvalue weighted by atomic mass is 79.9. The van der Waals surface area contributed by atoms with E-state index in [2.05, 4.69) is 74.1 Å². The van der Waals surface area contributed by atoms with E-state index in [1.807, 2.05) is 0 Å². The van der Waals surface area contributed by atoms with E-state index < -0.39 is 0 Å². The molecule has 96 valence electrons. The van der Waals surface area contributed by atoms with Crippen LogP contribution in [0.2, 0.25) is 0 Å². The predicted molar refractivity (Wildman–Crippen MR) is 81.3 cm³/mol. The van der Waals surface area contributed by atoms with Crippen LogP contribution in [0.5, 0.6) is 0 Å². The van der Waals surface area contributed by atoms with Crippen molar-refractivity contribution in [2.24, 2.45) is 0 Å². The lowest BCUT2D eigenvalue weighted by Gasteiger charge is -2.18. The fourth-order valence-electron chi connectivity index (χ4n) is 1.67. The largest absolute Gasteiger partial charge is 0.311 e. The molecule has 1 aromatic carbocycles. The number of hydrogen-bond donors (Lipinski definition) is 1. The second-order valence-electron chi connectivity index (χ2n) is 3.94. The monoisotopic (exact) mass is 362 g/mol. The summed E-state index contributed by atoms with van der Waals surface area (Å²) < 4.78 is 2.26. The van der Waals surface area contributed by atoms with Gasteiger partial charge in [0.05, 0.1) is 0 Å². The molecule has 1 N–H and O–H groups in total. The van der Waals surface area contributed by atoms with Crippen molar-refractivity contribution in [2.75, 3.05) is 26.2 Å². The molecule has 2 nitrogen and oxygen atoms in total. The fourth-order valence-corrected chi connectivity index (χ4v) is 2.85. The van der Waals surface area contributed by atoms with Crippen LogP contribution >= 0.6 is 31.9 Å². The first kappa shape index (κ1) is 15.2. The quantitative estimate of drug-likeness (QED) is 0.744. The molecule has 0 radical (unpaired) electrons. The molecule has 0 aliphatic carbocycles. The van der Waals surface area contributed by atoms with E-state index in [-0.39, 0.29) is 0 Å². The summed E-state index contributed by atoms with van der Waals surface area (Å²) in [6, 6.07) is 6.30. The molecule has 1 aromatic rings. The second kappa shape index (κ2) is 8.25. The van der Waals surface area contributed by atoms with Crippen LogP contribution in [-0.4, -0.2) is 31.1 Å². The molecule has 0 aliphatic heterocycles. The van der Waals surface area contributed by atoms with Crippen molar-refractivity contribution in [3.63, 3.8) is 0 Å². The Balaban J connectivity index is 2.31. The highest BCUT2D eigenvalue weighted by molar-refractivity contribution is 9.11. The molecule has 0 heterocycles. The number of benzene rings is 1. The minimum Gasteiger partial charge on any atom is -0.311 e. The van der Waals surface area contributed by atoms with Crippen molar-refractivity contribution in [1.29, 1.82) is 0 Å². The van der Waals surface area contributed by atoms with Gasteiger partial charge in [0, 0.05) is 28.6 Å². The number of nitrogens with one attached hydrogen (secondary N) is 1. The van der Waals surface area contributed by atoms with Gasteiger partial charge in [-0.3, -0.25) is 0 Å². The molecule has 0 saturated carbocycles. The summed E-state index contributed by atoms with van der Waals surface area (Å²) in [7, 11) is 0. The van der Waals surface area contributed by atoms with Crippen molar-refractivity contribution in [3.8, 4) is 0 Å². The van der Waals surface area contributed by atoms with Crippen LogP contribution in [-0.2, 0) is 6.54 Å². The SMILES string of the molecule is CCN(CC)CCNCc1ccc(Br)cc1Br. The van der Waals surface area contributed by atoms with Crippen LogP contribution in [0, 0.1) is 0 Å². The molecule has 0 aliphatic rings. The van der Waals surface area contributed by atoms with Gasteiger partial charge in [-0.15, -0.1) is 0 Å². The molecule has 4 heteroatoms. The molecule has 17 heavy (non-hydrogen) atoms. The van der Waals surface area contributed by atoms with Gasteiger partial charge < -0.3 is 10.2 Å². The number of halogens is 2. The third-order valence-electron chi connectivity index (χ3n) is 2.83. The average Bonchev–Trinajstić information content (AvgIpc) is 2.32. The summed E-state index contributed by atoms with van der Waals surface area (Å²) in [5.74, 6) is 0. The summed E-state index contributed by atoms with van der Waals surface area (Å²) >= 11 is 7.03. The van der Waals surface area contributed by atoms with Crippen LogP contribution < -0.4 is 5.32 Å². The molecule has 0 amide bonds. The molecule has 0 bridgehead atoms. The third-order valence-corrected chi connectivity index (χ3v) is 4.06. The summed E-state index contributed by atoms with van der Waals surface area (Å²) in [4.78, 5) is 2.42. The van der Waals surface area contributed by atoms with Gasteiger partial charge in [0.15, 0.2) is 0 Å². The Hall–Kier alpha value is 0.1000. The van der Waals surface area contributed by atoms with Crippen molar-refractivity contribution in [3.05, 3.63) is 32.7 Å². The van der Waals surface area contributed by atoms with Crippen LogP contribution in [0.25, 0.3) is 0 Å². The maximum absolute atomic E-state index is 3.58. The first-order chi connectivity index (χ1) is 8.17. The highest BCUT2D eigenvalue weighted by Gasteiger charge is 2.01. The Bertz CT molecular complexity index is 338. The van der Waals surface area contributed by atoms with Gasteiger partial charge in [-0.2, -0.15) is 0 Å². The van der Waals surface area contributed by atoms with Crippen LogP contribution in [0.3, 0.4) is 0 Å². The first-order valence-electron chi connectivity index (χ1n) is 6.04. The Morgan fingerprint density at radius 2 is 1.88 bits per heavy atom. The van der Waals surface area contributed by atoms with Gasteiger partial charge in [-0.25, -0.2) is 0 Å². The Labute approximate surface area is 121 Å². The van der Waals surface area contributed by atoms with Crippen LogP contribution in [0.15, 0.2) is 27.1 Å². The summed E-state index contributed by atoms with van der Waals surface area (Å²) in [5.41, 5.74) is 1.30. The zero-order chi connectivity index (χ0) is 12.7. The predicted octanol–water partition coefficient (Wildman–Crippen LogP) is 3.64. The summed E-state index contributed by atoms with van der Waals surface area (Å²) in [5, 5.41) is 3.47. The van der Waals surface area contributed by atoms with E-state index in [1.54, 1.807) is 0 Å². The third kappa shape index (κ3) is 5.51. The zero-order valence-electron chi connectivity index (χ0n) is 10.5. The van der Waals surface area contributed by atoms with E-state index in [0.717, 1.165) is 41.7 Å². The van der Waals surface area contributed by atoms with E-state index in [4.69, 9.17) is 0 Å². The molecule has 0 aromatic heterocycles. The van der Waals surface area contributed by atoms with Crippen molar-refractivity contribution in [2.45, 2.75) is 20.4 Å². The molecule has 1 rings (SSSR count). The molecule has 0 saturated heterocycles. The number of rotatable bonds is 7. The minimum atomic E-state index is 0.912. The van der Waals surface area contributed by atoms with E-state index in [9.17, 15) is 0 Å². The van der Waals surface area contributed by atoms with Gasteiger partial charge in [0.1, 0.15) is 0 Å². The van der Waals surface area contributed by atoms with Gasteiger partial charge in [-0.1, -0.05) is 51.8 Å². The van der Waals surface area contributed by atoms with Gasteiger partial charge in [-0.05, 0) is 30.8 Å². The lowest BCUT2D eigenvalue weighted by Crippen LogP contribution is -2.31. The first-order valence-corrected chi connectivity index (χ1v) is 7.63. The molecular weight excluding hydrogens is 344 g/mol. The van der Waals surface area contributed by atoms with E-state index in [1.165, 1.54) is 5.56 Å². The summed E-state index contributed by atoms with van der Waals surface area (Å²) in [6.45, 7) is 9.71. The van der Waals surface area contributed by atoms with Crippen molar-refractivity contribution in [1.82, 2.24) is 10.2 Å². The average molecular weight is 364 g/mol. The maximum atomic E-state index is 3.58. The Morgan fingerprint density at radius 3 is 2.47 bits per heavy atom. The minimum absolute atomic E-state index is 0.912. The molecule has 0 atom stereocenters. The van der Waals surface area contributed by atoms with Crippen LogP contribution in [0.1, 0.15) is 19.4 Å². The van der Waals surface area contributed by atoms with Gasteiger partial charge >= 0.3 is 0 Å². The fraction of sp³-hybridized carbons (Fsp3) is 0.538. The molecule has 0 spiro atoms. The lowest BCUT2D eigenvalue weighted by molar-refractivity contribution is 0.302. The van der Waals surface area contributed by atoms with E-state index >= 15 is 0 Å². The highest BCUT2D eigenvalue weighted by Crippen LogP contribution is 2.21. The standard InChI is InChI=1S/C13H20Br2N2/c1-3-17(4-2)8-7-16-10-11-5-6-12(14)9-13(11)15/h5-6,9,16H,3-4,7-8,10H2,1-2H3. The Kier molecular flexibility index (Phi) is 7.35. The number of likely N-dealkylation sites (N-methyl/N-ethyl adjacent to an activating group) is 1. The van der Waals surface area contributed by atoms with E-state index in [0.29, 0.717) is 0 Å². The molecular formula is C13H20Br2N2. The zero-order valence-corrected chi connectivity index (χ0v) is 13.6.